The van der Waals surface area contributed by atoms with E-state index in [0.29, 0.717) is 17.2 Å². The molecule has 2 amide bonds. The number of fused-ring (bicyclic) bond motifs is 5. The lowest BCUT2D eigenvalue weighted by atomic mass is 9.77. The fourth-order valence-corrected chi connectivity index (χ4v) is 3.55. The quantitative estimate of drug-likeness (QED) is 0.776. The van der Waals surface area contributed by atoms with Crippen molar-refractivity contribution < 1.29 is 19.1 Å². The third-order valence-corrected chi connectivity index (χ3v) is 4.64. The van der Waals surface area contributed by atoms with Crippen LogP contribution >= 0.6 is 0 Å². The average molecular weight is 308 g/mol. The average Bonchev–Trinajstić information content (AvgIpc) is 3.06. The Balaban J connectivity index is 1.74. The molecule has 0 saturated heterocycles. The standard InChI is InChI=1S/C17H12N2O4/c20-15-7-22-14-5-10-13(6-12(14)18-15)23-8-17(10)9-3-1-2-4-11(9)19-16(17)21/h1-6H,7-8H2,(H,18,20)(H,19,21). The van der Waals surface area contributed by atoms with Crippen molar-refractivity contribution in [2.45, 2.75) is 5.41 Å². The smallest absolute Gasteiger partial charge is 0.262 e. The van der Waals surface area contributed by atoms with Crippen LogP contribution in [-0.4, -0.2) is 25.0 Å². The predicted octanol–water partition coefficient (Wildman–Crippen LogP) is 1.65. The van der Waals surface area contributed by atoms with E-state index < -0.39 is 5.41 Å². The molecule has 1 atom stereocenters. The van der Waals surface area contributed by atoms with Crippen LogP contribution in [0.3, 0.4) is 0 Å². The molecule has 6 nitrogen and oxygen atoms in total. The monoisotopic (exact) mass is 308 g/mol. The molecule has 0 radical (unpaired) electrons. The molecule has 3 aliphatic heterocycles. The third-order valence-electron chi connectivity index (χ3n) is 4.64. The van der Waals surface area contributed by atoms with Crippen molar-refractivity contribution >= 4 is 23.2 Å². The normalized spacial score (nSPS) is 23.3. The Labute approximate surface area is 131 Å². The van der Waals surface area contributed by atoms with Gasteiger partial charge in [0, 0.05) is 17.3 Å². The van der Waals surface area contributed by atoms with Gasteiger partial charge < -0.3 is 20.1 Å². The van der Waals surface area contributed by atoms with Gasteiger partial charge >= 0.3 is 0 Å². The van der Waals surface area contributed by atoms with Crippen molar-refractivity contribution in [2.24, 2.45) is 0 Å². The van der Waals surface area contributed by atoms with Crippen molar-refractivity contribution in [2.75, 3.05) is 23.8 Å². The Morgan fingerprint density at radius 1 is 0.913 bits per heavy atom. The topological polar surface area (TPSA) is 76.7 Å². The van der Waals surface area contributed by atoms with Gasteiger partial charge in [0.1, 0.15) is 23.5 Å². The van der Waals surface area contributed by atoms with Crippen molar-refractivity contribution in [3.8, 4) is 11.5 Å². The van der Waals surface area contributed by atoms with Gasteiger partial charge in [0.15, 0.2) is 6.61 Å². The second-order valence-corrected chi connectivity index (χ2v) is 5.88. The molecule has 3 heterocycles. The molecule has 0 bridgehead atoms. The maximum Gasteiger partial charge on any atom is 0.262 e. The van der Waals surface area contributed by atoms with Crippen molar-refractivity contribution in [1.82, 2.24) is 0 Å². The summed E-state index contributed by atoms with van der Waals surface area (Å²) in [6.07, 6.45) is 0. The Morgan fingerprint density at radius 2 is 1.78 bits per heavy atom. The fourth-order valence-electron chi connectivity index (χ4n) is 3.55. The summed E-state index contributed by atoms with van der Waals surface area (Å²) in [5.74, 6) is 0.859. The highest BCUT2D eigenvalue weighted by molar-refractivity contribution is 6.10. The van der Waals surface area contributed by atoms with Crippen LogP contribution in [0.4, 0.5) is 11.4 Å². The Kier molecular flexibility index (Phi) is 2.20. The molecule has 23 heavy (non-hydrogen) atoms. The molecule has 1 unspecified atom stereocenters. The maximum absolute atomic E-state index is 12.7. The second kappa shape index (κ2) is 4.04. The van der Waals surface area contributed by atoms with Gasteiger partial charge in [-0.05, 0) is 17.7 Å². The lowest BCUT2D eigenvalue weighted by Crippen LogP contribution is -2.37. The molecule has 2 aromatic rings. The highest BCUT2D eigenvalue weighted by Crippen LogP contribution is 2.52. The minimum atomic E-state index is -0.855. The molecule has 0 saturated carbocycles. The summed E-state index contributed by atoms with van der Waals surface area (Å²) in [4.78, 5) is 24.2. The van der Waals surface area contributed by atoms with Gasteiger partial charge in [-0.3, -0.25) is 9.59 Å². The summed E-state index contributed by atoms with van der Waals surface area (Å²) in [6, 6.07) is 11.2. The van der Waals surface area contributed by atoms with Gasteiger partial charge in [-0.25, -0.2) is 0 Å². The van der Waals surface area contributed by atoms with Crippen LogP contribution in [0.15, 0.2) is 36.4 Å². The third kappa shape index (κ3) is 1.47. The molecule has 114 valence electrons. The minimum Gasteiger partial charge on any atom is -0.491 e. The second-order valence-electron chi connectivity index (χ2n) is 5.88. The highest BCUT2D eigenvalue weighted by Gasteiger charge is 2.54. The largest absolute Gasteiger partial charge is 0.491 e. The van der Waals surface area contributed by atoms with Gasteiger partial charge in [0.05, 0.1) is 5.69 Å². The SMILES string of the molecule is O=C1COc2cc3c(cc2N1)OCC31C(=O)Nc2ccccc21. The van der Waals surface area contributed by atoms with Gasteiger partial charge in [-0.1, -0.05) is 18.2 Å². The molecule has 1 spiro atoms. The molecule has 2 aromatic carbocycles. The molecule has 0 aromatic heterocycles. The Bertz CT molecular complexity index is 892. The number of rotatable bonds is 0. The van der Waals surface area contributed by atoms with Crippen LogP contribution in [0.2, 0.25) is 0 Å². The maximum atomic E-state index is 12.7. The van der Waals surface area contributed by atoms with Crippen LogP contribution < -0.4 is 20.1 Å². The van der Waals surface area contributed by atoms with Crippen LogP contribution in [0.1, 0.15) is 11.1 Å². The van der Waals surface area contributed by atoms with Gasteiger partial charge in [-0.15, -0.1) is 0 Å². The molecular formula is C17H12N2O4. The molecule has 5 rings (SSSR count). The highest BCUT2D eigenvalue weighted by atomic mass is 16.5. The van der Waals surface area contributed by atoms with E-state index in [4.69, 9.17) is 9.47 Å². The van der Waals surface area contributed by atoms with Crippen LogP contribution in [0.5, 0.6) is 11.5 Å². The van der Waals surface area contributed by atoms with Crippen molar-refractivity contribution in [3.05, 3.63) is 47.5 Å². The van der Waals surface area contributed by atoms with E-state index in [0.717, 1.165) is 16.8 Å². The van der Waals surface area contributed by atoms with Gasteiger partial charge in [-0.2, -0.15) is 0 Å². The summed E-state index contributed by atoms with van der Waals surface area (Å²) >= 11 is 0. The van der Waals surface area contributed by atoms with E-state index >= 15 is 0 Å². The summed E-state index contributed by atoms with van der Waals surface area (Å²) in [6.45, 7) is 0.213. The lowest BCUT2D eigenvalue weighted by Gasteiger charge is -2.23. The summed E-state index contributed by atoms with van der Waals surface area (Å²) in [5, 5.41) is 5.68. The summed E-state index contributed by atoms with van der Waals surface area (Å²) < 4.78 is 11.3. The number of para-hydroxylation sites is 1. The molecule has 0 aliphatic carbocycles. The number of anilines is 2. The number of carbonyl (C=O) groups is 2. The zero-order valence-electron chi connectivity index (χ0n) is 12.0. The number of hydrogen-bond donors (Lipinski definition) is 2. The first-order valence-electron chi connectivity index (χ1n) is 7.33. The molecule has 0 fully saturated rings. The molecule has 2 N–H and O–H groups in total. The van der Waals surface area contributed by atoms with Crippen molar-refractivity contribution in [1.29, 1.82) is 0 Å². The molecule has 3 aliphatic rings. The van der Waals surface area contributed by atoms with E-state index in [9.17, 15) is 9.59 Å². The van der Waals surface area contributed by atoms with Crippen LogP contribution in [0.25, 0.3) is 0 Å². The van der Waals surface area contributed by atoms with Gasteiger partial charge in [0.25, 0.3) is 5.91 Å². The Hall–Kier alpha value is -3.02. The van der Waals surface area contributed by atoms with E-state index in [1.165, 1.54) is 0 Å². The zero-order valence-corrected chi connectivity index (χ0v) is 12.0. The Morgan fingerprint density at radius 3 is 2.70 bits per heavy atom. The first-order valence-corrected chi connectivity index (χ1v) is 7.33. The van der Waals surface area contributed by atoms with Gasteiger partial charge in [0.2, 0.25) is 5.91 Å². The lowest BCUT2D eigenvalue weighted by molar-refractivity contribution is -0.120. The minimum absolute atomic E-state index is 0.0254. The summed E-state index contributed by atoms with van der Waals surface area (Å²) in [7, 11) is 0. The fraction of sp³-hybridized carbons (Fsp3) is 0.176. The number of benzene rings is 2. The van der Waals surface area contributed by atoms with E-state index in [1.54, 1.807) is 12.1 Å². The first kappa shape index (κ1) is 12.5. The van der Waals surface area contributed by atoms with E-state index in [2.05, 4.69) is 10.6 Å². The first-order chi connectivity index (χ1) is 11.2. The number of carbonyl (C=O) groups excluding carboxylic acids is 2. The van der Waals surface area contributed by atoms with E-state index in [1.807, 2.05) is 24.3 Å². The molecular weight excluding hydrogens is 296 g/mol. The van der Waals surface area contributed by atoms with Crippen molar-refractivity contribution in [3.63, 3.8) is 0 Å². The number of nitrogens with one attached hydrogen (secondary N) is 2. The summed E-state index contributed by atoms with van der Waals surface area (Å²) in [5.41, 5.74) is 2.20. The number of amides is 2. The predicted molar refractivity (Wildman–Crippen MR) is 81.9 cm³/mol. The molecule has 6 heteroatoms. The van der Waals surface area contributed by atoms with E-state index in [-0.39, 0.29) is 25.0 Å². The zero-order chi connectivity index (χ0) is 15.6. The number of ether oxygens (including phenoxy) is 2. The number of hydrogen-bond acceptors (Lipinski definition) is 4. The van der Waals surface area contributed by atoms with Crippen LogP contribution in [-0.2, 0) is 15.0 Å². The van der Waals surface area contributed by atoms with Crippen LogP contribution in [0, 0.1) is 0 Å².